The molecule has 0 aromatic carbocycles. The molecule has 1 atom stereocenters. The minimum Gasteiger partial charge on any atom is -0.339 e. The van der Waals surface area contributed by atoms with Crippen molar-refractivity contribution in [2.45, 2.75) is 44.7 Å². The Balaban J connectivity index is 1.49. The summed E-state index contributed by atoms with van der Waals surface area (Å²) in [7, 11) is 0. The predicted molar refractivity (Wildman–Crippen MR) is 78.3 cm³/mol. The molecule has 0 radical (unpaired) electrons. The van der Waals surface area contributed by atoms with Crippen LogP contribution >= 0.6 is 0 Å². The molecule has 2 aliphatic heterocycles. The van der Waals surface area contributed by atoms with Gasteiger partial charge in [-0.25, -0.2) is 0 Å². The first-order chi connectivity index (χ1) is 9.74. The zero-order chi connectivity index (χ0) is 13.9. The number of pyridine rings is 1. The number of nitrogens with zero attached hydrogens (tertiary/aromatic N) is 3. The van der Waals surface area contributed by atoms with Crippen molar-refractivity contribution in [1.29, 1.82) is 0 Å². The Morgan fingerprint density at radius 2 is 2.25 bits per heavy atom. The third kappa shape index (κ3) is 2.85. The molecular formula is C16H23N3O. The Labute approximate surface area is 120 Å². The third-order valence-corrected chi connectivity index (χ3v) is 4.62. The summed E-state index contributed by atoms with van der Waals surface area (Å²) in [4.78, 5) is 20.8. The van der Waals surface area contributed by atoms with Gasteiger partial charge in [0, 0.05) is 37.6 Å². The second-order valence-corrected chi connectivity index (χ2v) is 6.07. The lowest BCUT2D eigenvalue weighted by molar-refractivity contribution is -0.139. The zero-order valence-electron chi connectivity index (χ0n) is 12.2. The Bertz CT molecular complexity index is 456. The topological polar surface area (TPSA) is 36.4 Å². The molecule has 0 unspecified atom stereocenters. The molecule has 4 heteroatoms. The van der Waals surface area contributed by atoms with E-state index in [0.717, 1.165) is 18.7 Å². The fourth-order valence-electron chi connectivity index (χ4n) is 3.32. The summed E-state index contributed by atoms with van der Waals surface area (Å²) < 4.78 is 0. The van der Waals surface area contributed by atoms with Crippen LogP contribution in [-0.2, 0) is 11.2 Å². The summed E-state index contributed by atoms with van der Waals surface area (Å²) in [6, 6.07) is 5.12. The maximum Gasteiger partial charge on any atom is 0.227 e. The van der Waals surface area contributed by atoms with Gasteiger partial charge in [0.15, 0.2) is 0 Å². The molecule has 3 rings (SSSR count). The molecule has 1 aromatic rings. The van der Waals surface area contributed by atoms with Gasteiger partial charge in [-0.15, -0.1) is 0 Å². The second kappa shape index (κ2) is 5.92. The molecule has 20 heavy (non-hydrogen) atoms. The van der Waals surface area contributed by atoms with Gasteiger partial charge in [0.1, 0.15) is 0 Å². The summed E-state index contributed by atoms with van der Waals surface area (Å²) in [6.07, 6.45) is 7.97. The first-order valence-electron chi connectivity index (χ1n) is 7.66. The van der Waals surface area contributed by atoms with Gasteiger partial charge >= 0.3 is 0 Å². The zero-order valence-corrected chi connectivity index (χ0v) is 12.2. The lowest BCUT2D eigenvalue weighted by Gasteiger charge is -2.49. The molecule has 1 amide bonds. The van der Waals surface area contributed by atoms with Crippen molar-refractivity contribution >= 4 is 5.91 Å². The van der Waals surface area contributed by atoms with Crippen LogP contribution in [0.3, 0.4) is 0 Å². The highest BCUT2D eigenvalue weighted by Crippen LogP contribution is 2.24. The minimum absolute atomic E-state index is 0.235. The monoisotopic (exact) mass is 273 g/mol. The van der Waals surface area contributed by atoms with Crippen molar-refractivity contribution < 1.29 is 4.79 Å². The normalized spacial score (nSPS) is 24.4. The van der Waals surface area contributed by atoms with Crippen molar-refractivity contribution in [2.75, 3.05) is 19.6 Å². The molecule has 0 bridgehead atoms. The van der Waals surface area contributed by atoms with E-state index in [0.29, 0.717) is 18.5 Å². The van der Waals surface area contributed by atoms with Crippen molar-refractivity contribution in [3.8, 4) is 0 Å². The van der Waals surface area contributed by atoms with E-state index in [9.17, 15) is 4.79 Å². The summed E-state index contributed by atoms with van der Waals surface area (Å²) in [5.74, 6) is 0.235. The highest BCUT2D eigenvalue weighted by Gasteiger charge is 2.37. The van der Waals surface area contributed by atoms with Crippen LogP contribution in [0.5, 0.6) is 0 Å². The van der Waals surface area contributed by atoms with E-state index in [2.05, 4.69) is 16.8 Å². The average Bonchev–Trinajstić information content (AvgIpc) is 2.40. The van der Waals surface area contributed by atoms with Crippen molar-refractivity contribution in [3.05, 3.63) is 30.1 Å². The van der Waals surface area contributed by atoms with E-state index >= 15 is 0 Å². The van der Waals surface area contributed by atoms with Crippen molar-refractivity contribution in [3.63, 3.8) is 0 Å². The van der Waals surface area contributed by atoms with Crippen molar-refractivity contribution in [1.82, 2.24) is 14.8 Å². The van der Waals surface area contributed by atoms with Gasteiger partial charge in [0.25, 0.3) is 0 Å². The lowest BCUT2D eigenvalue weighted by Crippen LogP contribution is -2.63. The Kier molecular flexibility index (Phi) is 4.01. The predicted octanol–water partition coefficient (Wildman–Crippen LogP) is 1.71. The molecule has 2 aliphatic rings. The number of carbonyl (C=O) groups is 1. The SMILES string of the molecule is C[C@H]1CCCCN1C1CN(C(=O)Cc2cccnc2)C1. The third-order valence-electron chi connectivity index (χ3n) is 4.62. The molecular weight excluding hydrogens is 250 g/mol. The first kappa shape index (κ1) is 13.6. The van der Waals surface area contributed by atoms with Crippen LogP contribution in [0.1, 0.15) is 31.7 Å². The number of likely N-dealkylation sites (tertiary alicyclic amines) is 2. The molecule has 3 heterocycles. The van der Waals surface area contributed by atoms with E-state index in [4.69, 9.17) is 0 Å². The van der Waals surface area contributed by atoms with Gasteiger partial charge in [-0.2, -0.15) is 0 Å². The average molecular weight is 273 g/mol. The fraction of sp³-hybridized carbons (Fsp3) is 0.625. The van der Waals surface area contributed by atoms with Gasteiger partial charge in [-0.1, -0.05) is 12.5 Å². The van der Waals surface area contributed by atoms with E-state index < -0.39 is 0 Å². The first-order valence-corrected chi connectivity index (χ1v) is 7.66. The van der Waals surface area contributed by atoms with Crippen LogP contribution < -0.4 is 0 Å². The number of amides is 1. The standard InChI is InChI=1S/C16H23N3O/c1-13-5-2-3-8-19(13)15-11-18(12-15)16(20)9-14-6-4-7-17-10-14/h4,6-7,10,13,15H,2-3,5,8-9,11-12H2,1H3/t13-/m0/s1. The number of carbonyl (C=O) groups excluding carboxylic acids is 1. The lowest BCUT2D eigenvalue weighted by atomic mass is 9.97. The molecule has 2 fully saturated rings. The summed E-state index contributed by atoms with van der Waals surface area (Å²) in [5, 5.41) is 0. The minimum atomic E-state index is 0.235. The molecule has 0 N–H and O–H groups in total. The van der Waals surface area contributed by atoms with E-state index in [1.807, 2.05) is 17.0 Å². The maximum atomic E-state index is 12.2. The van der Waals surface area contributed by atoms with E-state index in [1.165, 1.54) is 25.8 Å². The van der Waals surface area contributed by atoms with Crippen LogP contribution in [-0.4, -0.2) is 52.4 Å². The van der Waals surface area contributed by atoms with Gasteiger partial charge in [-0.3, -0.25) is 14.7 Å². The highest BCUT2D eigenvalue weighted by atomic mass is 16.2. The molecule has 2 saturated heterocycles. The van der Waals surface area contributed by atoms with Crippen molar-refractivity contribution in [2.24, 2.45) is 0 Å². The molecule has 0 spiro atoms. The largest absolute Gasteiger partial charge is 0.339 e. The van der Waals surface area contributed by atoms with E-state index in [1.54, 1.807) is 12.4 Å². The van der Waals surface area contributed by atoms with Gasteiger partial charge in [-0.05, 0) is 37.9 Å². The second-order valence-electron chi connectivity index (χ2n) is 6.07. The summed E-state index contributed by atoms with van der Waals surface area (Å²) >= 11 is 0. The highest BCUT2D eigenvalue weighted by molar-refractivity contribution is 5.79. The van der Waals surface area contributed by atoms with Gasteiger partial charge < -0.3 is 4.90 Å². The van der Waals surface area contributed by atoms with Crippen LogP contribution in [0.15, 0.2) is 24.5 Å². The molecule has 0 saturated carbocycles. The molecule has 1 aromatic heterocycles. The number of rotatable bonds is 3. The maximum absolute atomic E-state index is 12.2. The van der Waals surface area contributed by atoms with E-state index in [-0.39, 0.29) is 5.91 Å². The molecule has 4 nitrogen and oxygen atoms in total. The Morgan fingerprint density at radius 3 is 2.95 bits per heavy atom. The Morgan fingerprint density at radius 1 is 1.40 bits per heavy atom. The van der Waals surface area contributed by atoms with Crippen LogP contribution in [0, 0.1) is 0 Å². The van der Waals surface area contributed by atoms with Crippen LogP contribution in [0.4, 0.5) is 0 Å². The smallest absolute Gasteiger partial charge is 0.227 e. The van der Waals surface area contributed by atoms with Crippen LogP contribution in [0.25, 0.3) is 0 Å². The number of aromatic nitrogens is 1. The van der Waals surface area contributed by atoms with Gasteiger partial charge in [0.05, 0.1) is 6.42 Å². The Hall–Kier alpha value is -1.42. The number of hydrogen-bond donors (Lipinski definition) is 0. The summed E-state index contributed by atoms with van der Waals surface area (Å²) in [6.45, 7) is 5.34. The molecule has 108 valence electrons. The molecule has 0 aliphatic carbocycles. The number of hydrogen-bond acceptors (Lipinski definition) is 3. The number of piperidine rings is 1. The fourth-order valence-corrected chi connectivity index (χ4v) is 3.32. The van der Waals surface area contributed by atoms with Gasteiger partial charge in [0.2, 0.25) is 5.91 Å². The van der Waals surface area contributed by atoms with Crippen LogP contribution in [0.2, 0.25) is 0 Å². The quantitative estimate of drug-likeness (QED) is 0.841. The summed E-state index contributed by atoms with van der Waals surface area (Å²) in [5.41, 5.74) is 1.01.